The van der Waals surface area contributed by atoms with Crippen LogP contribution in [0.15, 0.2) is 30.3 Å². The topological polar surface area (TPSA) is 197 Å². The lowest BCUT2D eigenvalue weighted by atomic mass is 10.0. The van der Waals surface area contributed by atoms with Crippen LogP contribution in [0.4, 0.5) is 0 Å². The maximum Gasteiger partial charge on any atom is 0.326 e. The van der Waals surface area contributed by atoms with E-state index in [1.54, 1.807) is 30.3 Å². The van der Waals surface area contributed by atoms with Crippen LogP contribution >= 0.6 is 0 Å². The maximum atomic E-state index is 12.6. The Kier molecular flexibility index (Phi) is 11.8. The fraction of sp³-hybridized carbons (Fsp3) is 0.500. The Hall–Kier alpha value is -3.02. The van der Waals surface area contributed by atoms with Crippen LogP contribution in [-0.2, 0) is 25.6 Å². The van der Waals surface area contributed by atoms with Gasteiger partial charge in [-0.25, -0.2) is 4.79 Å². The number of carbonyl (C=O) groups excluding carboxylic acids is 3. The molecule has 0 bridgehead atoms. The van der Waals surface area contributed by atoms with Gasteiger partial charge in [-0.1, -0.05) is 30.3 Å². The molecule has 0 fully saturated rings. The lowest BCUT2D eigenvalue weighted by molar-refractivity contribution is -0.142. The van der Waals surface area contributed by atoms with Gasteiger partial charge in [0.2, 0.25) is 17.7 Å². The van der Waals surface area contributed by atoms with Gasteiger partial charge in [-0.15, -0.1) is 0 Å². The molecule has 0 saturated heterocycles. The zero-order valence-electron chi connectivity index (χ0n) is 17.3. The summed E-state index contributed by atoms with van der Waals surface area (Å²) < 4.78 is 0. The molecule has 0 spiro atoms. The number of rotatable bonds is 14. The van der Waals surface area contributed by atoms with E-state index < -0.39 is 55.0 Å². The Morgan fingerprint density at radius 1 is 0.968 bits per heavy atom. The molecule has 0 aliphatic heterocycles. The summed E-state index contributed by atoms with van der Waals surface area (Å²) in [6.45, 7) is -0.633. The van der Waals surface area contributed by atoms with E-state index in [4.69, 9.17) is 16.6 Å². The summed E-state index contributed by atoms with van der Waals surface area (Å²) in [5, 5.41) is 25.5. The molecule has 0 aliphatic carbocycles. The second-order valence-corrected chi connectivity index (χ2v) is 7.00. The molecule has 1 aromatic carbocycles. The van der Waals surface area contributed by atoms with Crippen molar-refractivity contribution in [3.63, 3.8) is 0 Å². The molecule has 31 heavy (non-hydrogen) atoms. The van der Waals surface area contributed by atoms with Gasteiger partial charge in [-0.2, -0.15) is 0 Å². The summed E-state index contributed by atoms with van der Waals surface area (Å²) >= 11 is 0. The second kappa shape index (κ2) is 14.1. The molecule has 1 aromatic rings. The number of carboxylic acids is 1. The number of aliphatic hydroxyl groups excluding tert-OH is 1. The third-order valence-electron chi connectivity index (χ3n) is 4.45. The number of nitrogens with one attached hydrogen (secondary N) is 3. The molecule has 1 rings (SSSR count). The van der Waals surface area contributed by atoms with Crippen LogP contribution in [0.2, 0.25) is 0 Å². The van der Waals surface area contributed by atoms with E-state index >= 15 is 0 Å². The highest BCUT2D eigenvalue weighted by Crippen LogP contribution is 2.04. The van der Waals surface area contributed by atoms with Crippen LogP contribution in [0, 0.1) is 0 Å². The first kappa shape index (κ1) is 26.0. The first-order valence-corrected chi connectivity index (χ1v) is 9.99. The number of aliphatic hydroxyl groups is 1. The molecular formula is C20H31N5O6. The Morgan fingerprint density at radius 3 is 2.23 bits per heavy atom. The largest absolute Gasteiger partial charge is 0.480 e. The number of hydrogen-bond donors (Lipinski definition) is 7. The number of carboxylic acid groups (broad SMARTS) is 1. The van der Waals surface area contributed by atoms with E-state index in [1.165, 1.54) is 0 Å². The van der Waals surface area contributed by atoms with Crippen molar-refractivity contribution in [2.45, 2.75) is 43.8 Å². The predicted molar refractivity (Wildman–Crippen MR) is 113 cm³/mol. The smallest absolute Gasteiger partial charge is 0.326 e. The molecule has 3 unspecified atom stereocenters. The van der Waals surface area contributed by atoms with E-state index in [-0.39, 0.29) is 12.8 Å². The second-order valence-electron chi connectivity index (χ2n) is 7.00. The number of benzene rings is 1. The van der Waals surface area contributed by atoms with E-state index in [9.17, 15) is 24.3 Å². The van der Waals surface area contributed by atoms with E-state index in [0.29, 0.717) is 19.4 Å². The van der Waals surface area contributed by atoms with Crippen molar-refractivity contribution >= 4 is 23.7 Å². The SMILES string of the molecule is NCCCCC(NC(=O)CNC(=O)C(Cc1ccccc1)NC(=O)C(N)CO)C(=O)O. The van der Waals surface area contributed by atoms with Crippen LogP contribution in [0.1, 0.15) is 24.8 Å². The van der Waals surface area contributed by atoms with Crippen LogP contribution in [-0.4, -0.2) is 71.7 Å². The molecule has 11 heteroatoms. The first-order valence-electron chi connectivity index (χ1n) is 9.99. The molecule has 3 atom stereocenters. The van der Waals surface area contributed by atoms with Crippen molar-refractivity contribution in [1.29, 1.82) is 0 Å². The van der Waals surface area contributed by atoms with Gasteiger partial charge in [0.15, 0.2) is 0 Å². The number of unbranched alkanes of at least 4 members (excludes halogenated alkanes) is 1. The molecule has 0 aliphatic rings. The monoisotopic (exact) mass is 437 g/mol. The zero-order valence-corrected chi connectivity index (χ0v) is 17.3. The average molecular weight is 437 g/mol. The van der Waals surface area contributed by atoms with Crippen LogP contribution in [0.5, 0.6) is 0 Å². The Bertz CT molecular complexity index is 730. The molecule has 0 aromatic heterocycles. The zero-order chi connectivity index (χ0) is 23.2. The average Bonchev–Trinajstić information content (AvgIpc) is 2.76. The lowest BCUT2D eigenvalue weighted by Gasteiger charge is -2.20. The summed E-state index contributed by atoms with van der Waals surface area (Å²) in [6.07, 6.45) is 1.52. The first-order chi connectivity index (χ1) is 14.8. The normalized spacial score (nSPS) is 13.5. The van der Waals surface area contributed by atoms with Crippen LogP contribution in [0.3, 0.4) is 0 Å². The minimum Gasteiger partial charge on any atom is -0.480 e. The minimum atomic E-state index is -1.20. The van der Waals surface area contributed by atoms with Gasteiger partial charge in [0.05, 0.1) is 13.2 Å². The molecule has 0 radical (unpaired) electrons. The van der Waals surface area contributed by atoms with Gasteiger partial charge in [0.25, 0.3) is 0 Å². The molecule has 11 nitrogen and oxygen atoms in total. The van der Waals surface area contributed by atoms with Gasteiger partial charge in [-0.05, 0) is 31.4 Å². The molecule has 3 amide bonds. The van der Waals surface area contributed by atoms with Gasteiger partial charge < -0.3 is 37.6 Å². The van der Waals surface area contributed by atoms with Gasteiger partial charge in [-0.3, -0.25) is 14.4 Å². The van der Waals surface area contributed by atoms with Gasteiger partial charge in [0, 0.05) is 6.42 Å². The molecule has 0 heterocycles. The standard InChI is InChI=1S/C20H31N5O6/c21-9-5-4-8-15(20(30)31)24-17(27)11-23-19(29)16(25-18(28)14(22)12-26)10-13-6-2-1-3-7-13/h1-3,6-7,14-16,26H,4-5,8-12,21-22H2,(H,23,29)(H,24,27)(H,25,28)(H,30,31). The van der Waals surface area contributed by atoms with Crippen molar-refractivity contribution in [1.82, 2.24) is 16.0 Å². The van der Waals surface area contributed by atoms with Crippen molar-refractivity contribution in [3.8, 4) is 0 Å². The highest BCUT2D eigenvalue weighted by Gasteiger charge is 2.25. The van der Waals surface area contributed by atoms with Crippen molar-refractivity contribution in [2.24, 2.45) is 11.5 Å². The van der Waals surface area contributed by atoms with Crippen LogP contribution in [0.25, 0.3) is 0 Å². The van der Waals surface area contributed by atoms with Gasteiger partial charge in [0.1, 0.15) is 18.1 Å². The third-order valence-corrected chi connectivity index (χ3v) is 4.45. The summed E-state index contributed by atoms with van der Waals surface area (Å²) in [4.78, 5) is 48.0. The molecule has 0 saturated carbocycles. The Morgan fingerprint density at radius 2 is 1.65 bits per heavy atom. The number of hydrogen-bond acceptors (Lipinski definition) is 7. The lowest BCUT2D eigenvalue weighted by Crippen LogP contribution is -2.54. The predicted octanol–water partition coefficient (Wildman–Crippen LogP) is -2.15. The molecular weight excluding hydrogens is 406 g/mol. The molecule has 172 valence electrons. The number of nitrogens with two attached hydrogens (primary N) is 2. The van der Waals surface area contributed by atoms with E-state index in [1.807, 2.05) is 0 Å². The summed E-state index contributed by atoms with van der Waals surface area (Å²) in [5.74, 6) is -3.21. The molecule has 9 N–H and O–H groups in total. The summed E-state index contributed by atoms with van der Waals surface area (Å²) in [5.41, 5.74) is 11.6. The Labute approximate surface area is 180 Å². The number of carbonyl (C=O) groups is 4. The highest BCUT2D eigenvalue weighted by molar-refractivity contribution is 5.92. The van der Waals surface area contributed by atoms with E-state index in [0.717, 1.165) is 5.56 Å². The minimum absolute atomic E-state index is 0.134. The maximum absolute atomic E-state index is 12.6. The van der Waals surface area contributed by atoms with Crippen molar-refractivity contribution < 1.29 is 29.4 Å². The third kappa shape index (κ3) is 10.0. The number of amides is 3. The van der Waals surface area contributed by atoms with Crippen LogP contribution < -0.4 is 27.4 Å². The van der Waals surface area contributed by atoms with Crippen molar-refractivity contribution in [2.75, 3.05) is 19.7 Å². The fourth-order valence-electron chi connectivity index (χ4n) is 2.71. The summed E-state index contributed by atoms with van der Waals surface area (Å²) in [7, 11) is 0. The van der Waals surface area contributed by atoms with Gasteiger partial charge >= 0.3 is 5.97 Å². The highest BCUT2D eigenvalue weighted by atomic mass is 16.4. The summed E-state index contributed by atoms with van der Waals surface area (Å²) in [6, 6.07) is 5.56. The number of aliphatic carboxylic acids is 1. The Balaban J connectivity index is 2.70. The van der Waals surface area contributed by atoms with Crippen molar-refractivity contribution in [3.05, 3.63) is 35.9 Å². The quantitative estimate of drug-likeness (QED) is 0.160. The fourth-order valence-corrected chi connectivity index (χ4v) is 2.71. The van der Waals surface area contributed by atoms with E-state index in [2.05, 4.69) is 16.0 Å².